The maximum absolute atomic E-state index is 11.8. The van der Waals surface area contributed by atoms with E-state index in [0.29, 0.717) is 31.1 Å². The van der Waals surface area contributed by atoms with Crippen molar-refractivity contribution in [2.24, 2.45) is 0 Å². The highest BCUT2D eigenvalue weighted by molar-refractivity contribution is 6.30. The average Bonchev–Trinajstić information content (AvgIpc) is 2.38. The number of nitrogens with zero attached hydrogens (tertiary/aromatic N) is 1. The third-order valence-corrected chi connectivity index (χ3v) is 3.19. The van der Waals surface area contributed by atoms with Crippen LogP contribution < -0.4 is 5.32 Å². The molecule has 2 heterocycles. The van der Waals surface area contributed by atoms with Crippen molar-refractivity contribution in [3.05, 3.63) is 29.0 Å². The van der Waals surface area contributed by atoms with Gasteiger partial charge in [0.05, 0.1) is 10.6 Å². The summed E-state index contributed by atoms with van der Waals surface area (Å²) in [5.74, 6) is -0.313. The molecule has 5 nitrogen and oxygen atoms in total. The summed E-state index contributed by atoms with van der Waals surface area (Å²) < 4.78 is 5.17. The van der Waals surface area contributed by atoms with Gasteiger partial charge in [-0.1, -0.05) is 11.6 Å². The van der Waals surface area contributed by atoms with Crippen LogP contribution in [0.4, 0.5) is 0 Å². The van der Waals surface area contributed by atoms with Crippen LogP contribution in [0.1, 0.15) is 23.3 Å². The Bertz CT molecular complexity index is 416. The van der Waals surface area contributed by atoms with Crippen molar-refractivity contribution < 1.29 is 14.6 Å². The van der Waals surface area contributed by atoms with Gasteiger partial charge >= 0.3 is 0 Å². The van der Waals surface area contributed by atoms with Gasteiger partial charge in [0.15, 0.2) is 0 Å². The molecule has 1 amide bonds. The van der Waals surface area contributed by atoms with Gasteiger partial charge in [0.1, 0.15) is 5.69 Å². The lowest BCUT2D eigenvalue weighted by Gasteiger charge is -2.31. The van der Waals surface area contributed by atoms with E-state index in [1.807, 2.05) is 0 Å². The summed E-state index contributed by atoms with van der Waals surface area (Å²) in [5, 5.41) is 13.3. The molecule has 1 fully saturated rings. The Balaban J connectivity index is 1.89. The second-order valence-corrected chi connectivity index (χ2v) is 4.82. The van der Waals surface area contributed by atoms with E-state index in [4.69, 9.17) is 16.3 Å². The van der Waals surface area contributed by atoms with E-state index in [1.54, 1.807) is 12.1 Å². The molecule has 2 rings (SSSR count). The van der Waals surface area contributed by atoms with Crippen LogP contribution in [-0.2, 0) is 4.74 Å². The average molecular weight is 271 g/mol. The first-order chi connectivity index (χ1) is 8.59. The number of ether oxygens (including phenoxy) is 1. The van der Waals surface area contributed by atoms with E-state index in [0.717, 1.165) is 0 Å². The Hall–Kier alpha value is -1.17. The lowest BCUT2D eigenvalue weighted by Crippen LogP contribution is -2.46. The second-order valence-electron chi connectivity index (χ2n) is 4.38. The van der Waals surface area contributed by atoms with Gasteiger partial charge in [0.25, 0.3) is 5.91 Å². The number of carbonyl (C=O) groups excluding carboxylic acids is 1. The zero-order valence-electron chi connectivity index (χ0n) is 9.86. The highest BCUT2D eigenvalue weighted by Gasteiger charge is 2.30. The van der Waals surface area contributed by atoms with E-state index < -0.39 is 5.60 Å². The highest BCUT2D eigenvalue weighted by Crippen LogP contribution is 2.19. The standard InChI is InChI=1S/C12H15ClN2O3/c13-9-1-2-10(14-7-9)11(16)15-8-12(17)3-5-18-6-4-12/h1-2,7,17H,3-6,8H2,(H,15,16). The molecule has 0 saturated carbocycles. The van der Waals surface area contributed by atoms with Gasteiger partial charge < -0.3 is 15.2 Å². The number of aliphatic hydroxyl groups is 1. The van der Waals surface area contributed by atoms with Gasteiger partial charge in [-0.25, -0.2) is 4.98 Å². The Labute approximate surface area is 110 Å². The van der Waals surface area contributed by atoms with Crippen LogP contribution in [0.2, 0.25) is 5.02 Å². The van der Waals surface area contributed by atoms with Crippen molar-refractivity contribution in [2.45, 2.75) is 18.4 Å². The lowest BCUT2D eigenvalue weighted by atomic mass is 9.94. The van der Waals surface area contributed by atoms with Gasteiger partial charge in [0, 0.05) is 38.8 Å². The minimum Gasteiger partial charge on any atom is -0.388 e. The molecule has 2 N–H and O–H groups in total. The van der Waals surface area contributed by atoms with Crippen molar-refractivity contribution in [2.75, 3.05) is 19.8 Å². The number of carbonyl (C=O) groups is 1. The van der Waals surface area contributed by atoms with Crippen LogP contribution in [0.25, 0.3) is 0 Å². The number of halogens is 1. The molecule has 0 bridgehead atoms. The van der Waals surface area contributed by atoms with Crippen molar-refractivity contribution in [1.29, 1.82) is 0 Å². The monoisotopic (exact) mass is 270 g/mol. The van der Waals surface area contributed by atoms with Crippen LogP contribution in [0.3, 0.4) is 0 Å². The molecule has 6 heteroatoms. The molecule has 1 aliphatic rings. The molecule has 0 aliphatic carbocycles. The number of aromatic nitrogens is 1. The van der Waals surface area contributed by atoms with Crippen molar-refractivity contribution in [1.82, 2.24) is 10.3 Å². The van der Waals surface area contributed by atoms with Crippen LogP contribution >= 0.6 is 11.6 Å². The third kappa shape index (κ3) is 3.41. The first-order valence-electron chi connectivity index (χ1n) is 5.79. The Kier molecular flexibility index (Phi) is 4.16. The van der Waals surface area contributed by atoms with Crippen molar-refractivity contribution >= 4 is 17.5 Å². The summed E-state index contributed by atoms with van der Waals surface area (Å²) in [7, 11) is 0. The van der Waals surface area contributed by atoms with Crippen molar-refractivity contribution in [3.63, 3.8) is 0 Å². The molecule has 1 aromatic heterocycles. The number of hydrogen-bond acceptors (Lipinski definition) is 4. The zero-order chi connectivity index (χ0) is 13.0. The highest BCUT2D eigenvalue weighted by atomic mass is 35.5. The van der Waals surface area contributed by atoms with Crippen LogP contribution in [0.5, 0.6) is 0 Å². The molecular weight excluding hydrogens is 256 g/mol. The topological polar surface area (TPSA) is 71.5 Å². The molecule has 0 radical (unpaired) electrons. The van der Waals surface area contributed by atoms with E-state index in [-0.39, 0.29) is 18.1 Å². The normalized spacial score (nSPS) is 18.3. The number of hydrogen-bond donors (Lipinski definition) is 2. The van der Waals surface area contributed by atoms with Gasteiger partial charge in [-0.05, 0) is 12.1 Å². The second kappa shape index (κ2) is 5.65. The van der Waals surface area contributed by atoms with E-state index in [1.165, 1.54) is 6.20 Å². The SMILES string of the molecule is O=C(NCC1(O)CCOCC1)c1ccc(Cl)cn1. The first kappa shape index (κ1) is 13.3. The Morgan fingerprint density at radius 1 is 1.50 bits per heavy atom. The molecule has 1 saturated heterocycles. The van der Waals surface area contributed by atoms with Crippen LogP contribution in [0.15, 0.2) is 18.3 Å². The smallest absolute Gasteiger partial charge is 0.269 e. The molecule has 18 heavy (non-hydrogen) atoms. The quantitative estimate of drug-likeness (QED) is 0.860. The molecule has 0 spiro atoms. The molecule has 0 unspecified atom stereocenters. The van der Waals surface area contributed by atoms with E-state index in [9.17, 15) is 9.90 Å². The predicted molar refractivity (Wildman–Crippen MR) is 66.6 cm³/mol. The zero-order valence-corrected chi connectivity index (χ0v) is 10.6. The minimum absolute atomic E-state index is 0.208. The van der Waals surface area contributed by atoms with Crippen molar-refractivity contribution in [3.8, 4) is 0 Å². The summed E-state index contributed by atoms with van der Waals surface area (Å²) in [6.45, 7) is 1.25. The van der Waals surface area contributed by atoms with Gasteiger partial charge in [0.2, 0.25) is 0 Å². The fourth-order valence-corrected chi connectivity index (χ4v) is 1.89. The minimum atomic E-state index is -0.875. The maximum atomic E-state index is 11.8. The summed E-state index contributed by atoms with van der Waals surface area (Å²) in [4.78, 5) is 15.7. The number of nitrogens with one attached hydrogen (secondary N) is 1. The summed E-state index contributed by atoms with van der Waals surface area (Å²) in [6.07, 6.45) is 2.47. The predicted octanol–water partition coefficient (Wildman–Crippen LogP) is 1.01. The fraction of sp³-hybridized carbons (Fsp3) is 0.500. The number of pyridine rings is 1. The first-order valence-corrected chi connectivity index (χ1v) is 6.17. The molecule has 1 aliphatic heterocycles. The molecule has 98 valence electrons. The van der Waals surface area contributed by atoms with Crippen LogP contribution in [0, 0.1) is 0 Å². The fourth-order valence-electron chi connectivity index (χ4n) is 1.77. The maximum Gasteiger partial charge on any atom is 0.269 e. The largest absolute Gasteiger partial charge is 0.388 e. The lowest BCUT2D eigenvalue weighted by molar-refractivity contribution is -0.0605. The number of rotatable bonds is 3. The summed E-state index contributed by atoms with van der Waals surface area (Å²) in [6, 6.07) is 3.15. The van der Waals surface area contributed by atoms with E-state index in [2.05, 4.69) is 10.3 Å². The van der Waals surface area contributed by atoms with Gasteiger partial charge in [-0.3, -0.25) is 4.79 Å². The summed E-state index contributed by atoms with van der Waals surface area (Å²) >= 11 is 5.69. The summed E-state index contributed by atoms with van der Waals surface area (Å²) in [5.41, 5.74) is -0.588. The Morgan fingerprint density at radius 2 is 2.22 bits per heavy atom. The molecule has 1 aromatic rings. The molecular formula is C12H15ClN2O3. The van der Waals surface area contributed by atoms with E-state index >= 15 is 0 Å². The Morgan fingerprint density at radius 3 is 2.83 bits per heavy atom. The third-order valence-electron chi connectivity index (χ3n) is 2.96. The molecule has 0 aromatic carbocycles. The van der Waals surface area contributed by atoms with Crippen LogP contribution in [-0.4, -0.2) is 41.4 Å². The van der Waals surface area contributed by atoms with Gasteiger partial charge in [-0.2, -0.15) is 0 Å². The van der Waals surface area contributed by atoms with Gasteiger partial charge in [-0.15, -0.1) is 0 Å². The molecule has 0 atom stereocenters. The number of amides is 1.